The first-order valence-electron chi connectivity index (χ1n) is 10.1. The molecule has 2 rings (SSSR count). The zero-order valence-electron chi connectivity index (χ0n) is 17.3. The van der Waals surface area contributed by atoms with E-state index in [9.17, 15) is 19.2 Å². The van der Waals surface area contributed by atoms with Crippen molar-refractivity contribution in [2.75, 3.05) is 13.2 Å². The Labute approximate surface area is 175 Å². The number of rotatable bonds is 7. The molecule has 1 fully saturated rings. The molecular weight excluding hydrogens is 390 g/mol. The second-order valence-corrected chi connectivity index (χ2v) is 7.47. The Morgan fingerprint density at radius 3 is 2.63 bits per heavy atom. The molecule has 0 radical (unpaired) electrons. The fraction of sp³-hybridized carbons (Fsp3) is 0.524. The summed E-state index contributed by atoms with van der Waals surface area (Å²) in [5.74, 6) is -2.22. The lowest BCUT2D eigenvalue weighted by molar-refractivity contribution is -0.148. The van der Waals surface area contributed by atoms with Gasteiger partial charge in [-0.25, -0.2) is 4.79 Å². The molecule has 1 aromatic rings. The highest BCUT2D eigenvalue weighted by Crippen LogP contribution is 2.08. The van der Waals surface area contributed by atoms with E-state index in [1.165, 1.54) is 0 Å². The quantitative estimate of drug-likeness (QED) is 0.572. The average molecular weight is 419 g/mol. The van der Waals surface area contributed by atoms with E-state index in [0.717, 1.165) is 5.56 Å². The molecule has 9 nitrogen and oxygen atoms in total. The molecule has 0 aromatic heterocycles. The first-order chi connectivity index (χ1) is 14.4. The second-order valence-electron chi connectivity index (χ2n) is 7.47. The van der Waals surface area contributed by atoms with E-state index < -0.39 is 36.0 Å². The van der Waals surface area contributed by atoms with Crippen LogP contribution in [0.3, 0.4) is 0 Å². The average Bonchev–Trinajstić information content (AvgIpc) is 2.79. The molecule has 1 aliphatic rings. The summed E-state index contributed by atoms with van der Waals surface area (Å²) in [6.45, 7) is 4.46. The van der Waals surface area contributed by atoms with E-state index >= 15 is 0 Å². The third-order valence-electron chi connectivity index (χ3n) is 4.40. The number of hydrogen-bond acceptors (Lipinski definition) is 6. The third-order valence-corrected chi connectivity index (χ3v) is 4.40. The summed E-state index contributed by atoms with van der Waals surface area (Å²) < 4.78 is 10.6. The number of alkyl carbamates (subject to hydrolysis) is 1. The predicted molar refractivity (Wildman–Crippen MR) is 108 cm³/mol. The molecule has 2 unspecified atom stereocenters. The number of carbonyl (C=O) groups excluding carboxylic acids is 4. The van der Waals surface area contributed by atoms with Crippen molar-refractivity contribution in [3.8, 4) is 0 Å². The van der Waals surface area contributed by atoms with Crippen molar-refractivity contribution in [2.45, 2.75) is 52.0 Å². The first kappa shape index (κ1) is 23.3. The maximum atomic E-state index is 12.7. The SMILES string of the molecule is CC(C)CC(NC(=O)OCc1ccccc1)C(=O)NC1OCCCCNC(=O)C1=O. The minimum absolute atomic E-state index is 0.0626. The number of hydrogen-bond donors (Lipinski definition) is 3. The molecule has 0 spiro atoms. The number of ketones is 1. The fourth-order valence-corrected chi connectivity index (χ4v) is 2.86. The normalized spacial score (nSPS) is 18.4. The van der Waals surface area contributed by atoms with Crippen molar-refractivity contribution in [1.29, 1.82) is 0 Å². The van der Waals surface area contributed by atoms with Gasteiger partial charge in [0.15, 0.2) is 6.23 Å². The Morgan fingerprint density at radius 2 is 1.93 bits per heavy atom. The topological polar surface area (TPSA) is 123 Å². The molecule has 9 heteroatoms. The van der Waals surface area contributed by atoms with E-state index in [1.807, 2.05) is 44.2 Å². The van der Waals surface area contributed by atoms with Crippen molar-refractivity contribution in [2.24, 2.45) is 5.92 Å². The van der Waals surface area contributed by atoms with Crippen LogP contribution in [0.15, 0.2) is 30.3 Å². The third kappa shape index (κ3) is 7.82. The van der Waals surface area contributed by atoms with Gasteiger partial charge in [0, 0.05) is 13.2 Å². The van der Waals surface area contributed by atoms with Crippen molar-refractivity contribution in [1.82, 2.24) is 16.0 Å². The van der Waals surface area contributed by atoms with Gasteiger partial charge in [-0.2, -0.15) is 0 Å². The lowest BCUT2D eigenvalue weighted by Gasteiger charge is -2.23. The Balaban J connectivity index is 1.98. The van der Waals surface area contributed by atoms with Crippen LogP contribution in [0.2, 0.25) is 0 Å². The minimum Gasteiger partial charge on any atom is -0.445 e. The van der Waals surface area contributed by atoms with Gasteiger partial charge < -0.3 is 25.4 Å². The van der Waals surface area contributed by atoms with Crippen molar-refractivity contribution >= 4 is 23.7 Å². The van der Waals surface area contributed by atoms with Gasteiger partial charge in [-0.3, -0.25) is 14.4 Å². The molecule has 1 heterocycles. The second kappa shape index (κ2) is 11.9. The standard InChI is InChI=1S/C21H29N3O6/c1-14(2)12-16(23-21(28)30-13-15-8-4-3-5-9-15)18(26)24-20-17(25)19(27)22-10-6-7-11-29-20/h3-5,8-9,14,16,20H,6-7,10-13H2,1-2H3,(H,22,27)(H,23,28)(H,24,26). The Morgan fingerprint density at radius 1 is 1.20 bits per heavy atom. The molecule has 0 saturated carbocycles. The van der Waals surface area contributed by atoms with Gasteiger partial charge in [-0.05, 0) is 30.7 Å². The van der Waals surface area contributed by atoms with E-state index in [2.05, 4.69) is 16.0 Å². The summed E-state index contributed by atoms with van der Waals surface area (Å²) in [4.78, 5) is 49.1. The molecular formula is C21H29N3O6. The van der Waals surface area contributed by atoms with Crippen LogP contribution in [0.1, 0.15) is 38.7 Å². The number of benzene rings is 1. The van der Waals surface area contributed by atoms with Gasteiger partial charge in [0.25, 0.3) is 11.7 Å². The Bertz CT molecular complexity index is 738. The van der Waals surface area contributed by atoms with Crippen LogP contribution in [0, 0.1) is 5.92 Å². The first-order valence-corrected chi connectivity index (χ1v) is 10.1. The number of amides is 3. The molecule has 1 aliphatic heterocycles. The number of nitrogens with one attached hydrogen (secondary N) is 3. The van der Waals surface area contributed by atoms with Crippen LogP contribution >= 0.6 is 0 Å². The van der Waals surface area contributed by atoms with E-state index in [1.54, 1.807) is 0 Å². The maximum Gasteiger partial charge on any atom is 0.408 e. The van der Waals surface area contributed by atoms with Crippen molar-refractivity contribution in [3.05, 3.63) is 35.9 Å². The zero-order chi connectivity index (χ0) is 21.9. The Kier molecular flexibility index (Phi) is 9.27. The molecule has 164 valence electrons. The van der Waals surface area contributed by atoms with Crippen LogP contribution in [0.4, 0.5) is 4.79 Å². The number of ether oxygens (including phenoxy) is 2. The number of carbonyl (C=O) groups is 4. The predicted octanol–water partition coefficient (Wildman–Crippen LogP) is 1.27. The summed E-state index contributed by atoms with van der Waals surface area (Å²) in [5.41, 5.74) is 0.813. The van der Waals surface area contributed by atoms with Gasteiger partial charge in [0.2, 0.25) is 5.91 Å². The highest BCUT2D eigenvalue weighted by molar-refractivity contribution is 6.38. The van der Waals surface area contributed by atoms with Gasteiger partial charge in [0.05, 0.1) is 0 Å². The van der Waals surface area contributed by atoms with Crippen LogP contribution in [-0.2, 0) is 30.5 Å². The van der Waals surface area contributed by atoms with Gasteiger partial charge in [0.1, 0.15) is 12.6 Å². The van der Waals surface area contributed by atoms with Crippen LogP contribution < -0.4 is 16.0 Å². The summed E-state index contributed by atoms with van der Waals surface area (Å²) in [6.07, 6.45) is -0.519. The lowest BCUT2D eigenvalue weighted by atomic mass is 10.0. The highest BCUT2D eigenvalue weighted by Gasteiger charge is 2.31. The van der Waals surface area contributed by atoms with Crippen molar-refractivity contribution < 1.29 is 28.7 Å². The molecule has 0 bridgehead atoms. The van der Waals surface area contributed by atoms with E-state index in [0.29, 0.717) is 25.8 Å². The van der Waals surface area contributed by atoms with Gasteiger partial charge in [-0.15, -0.1) is 0 Å². The highest BCUT2D eigenvalue weighted by atomic mass is 16.5. The molecule has 0 aliphatic carbocycles. The molecule has 1 aromatic carbocycles. The summed E-state index contributed by atoms with van der Waals surface area (Å²) in [6, 6.07) is 8.20. The van der Waals surface area contributed by atoms with E-state index in [-0.39, 0.29) is 19.1 Å². The van der Waals surface area contributed by atoms with Crippen LogP contribution in [-0.4, -0.2) is 49.1 Å². The minimum atomic E-state index is -1.40. The largest absolute Gasteiger partial charge is 0.445 e. The van der Waals surface area contributed by atoms with Gasteiger partial charge >= 0.3 is 6.09 Å². The summed E-state index contributed by atoms with van der Waals surface area (Å²) >= 11 is 0. The van der Waals surface area contributed by atoms with E-state index in [4.69, 9.17) is 9.47 Å². The van der Waals surface area contributed by atoms with Crippen LogP contribution in [0.5, 0.6) is 0 Å². The smallest absolute Gasteiger partial charge is 0.408 e. The van der Waals surface area contributed by atoms with Crippen LogP contribution in [0.25, 0.3) is 0 Å². The van der Waals surface area contributed by atoms with Crippen molar-refractivity contribution in [3.63, 3.8) is 0 Å². The Hall–Kier alpha value is -2.94. The summed E-state index contributed by atoms with van der Waals surface area (Å²) in [5, 5.41) is 7.47. The van der Waals surface area contributed by atoms with Gasteiger partial charge in [-0.1, -0.05) is 44.2 Å². The molecule has 1 saturated heterocycles. The molecule has 3 N–H and O–H groups in total. The monoisotopic (exact) mass is 419 g/mol. The molecule has 30 heavy (non-hydrogen) atoms. The fourth-order valence-electron chi connectivity index (χ4n) is 2.86. The number of Topliss-reactive ketones (excluding diaryl/α,β-unsaturated/α-hetero) is 1. The zero-order valence-corrected chi connectivity index (χ0v) is 17.3. The summed E-state index contributed by atoms with van der Waals surface area (Å²) in [7, 11) is 0. The molecule has 2 atom stereocenters. The maximum absolute atomic E-state index is 12.7. The lowest BCUT2D eigenvalue weighted by Crippen LogP contribution is -2.55. The molecule has 3 amide bonds.